The number of carbonyl (C=O) groups is 6. The second-order valence-corrected chi connectivity index (χ2v) is 19.3. The average molecular weight is 957 g/mol. The van der Waals surface area contributed by atoms with Gasteiger partial charge < -0.3 is 50.0 Å². The van der Waals surface area contributed by atoms with Crippen LogP contribution in [0.2, 0.25) is 0 Å². The van der Waals surface area contributed by atoms with Gasteiger partial charge >= 0.3 is 12.2 Å². The molecule has 0 radical (unpaired) electrons. The highest BCUT2D eigenvalue weighted by Crippen LogP contribution is 2.30. The van der Waals surface area contributed by atoms with Gasteiger partial charge in [-0.05, 0) is 74.3 Å². The number of likely N-dealkylation sites (N-methyl/N-ethyl adjacent to an activating group) is 1. The standard InChI is InChI=1S/C53H76N6O10/c1-12-35(4)46(58(9)50(63)45(34(2)3)57-52(65)69-53(6,7)8)43(66-10)31-44(60)59-29-19-24-42(59)47(67-11)36(5)48(61)56-41(30-37-20-15-13-16-21-37)49(62)55-40-27-25-38(26-28-40)32-54-51(64)68-33-39-22-17-14-18-23-39/h13-18,20-23,25-28,34-36,41-43,45-47H,12,19,24,29-33H2,1-11H3,(H,54,64)(H,55,62)(H,56,61)(H,57,65)/t35-,36+,41-,42-,43+,45-,46-,47+/m0/s1. The summed E-state index contributed by atoms with van der Waals surface area (Å²) in [6.07, 6.45) is -0.513. The number of methoxy groups -OCH3 is 2. The topological polar surface area (TPSA) is 194 Å². The number of ether oxygens (including phenoxy) is 4. The number of nitrogens with one attached hydrogen (secondary N) is 4. The van der Waals surface area contributed by atoms with E-state index >= 15 is 0 Å². The van der Waals surface area contributed by atoms with Crippen molar-refractivity contribution in [3.63, 3.8) is 0 Å². The fourth-order valence-corrected chi connectivity index (χ4v) is 8.72. The zero-order valence-corrected chi connectivity index (χ0v) is 42.4. The Morgan fingerprint density at radius 3 is 1.97 bits per heavy atom. The number of carbonyl (C=O) groups excluding carboxylic acids is 6. The molecular formula is C53H76N6O10. The van der Waals surface area contributed by atoms with Gasteiger partial charge in [0.25, 0.3) is 0 Å². The van der Waals surface area contributed by atoms with E-state index in [2.05, 4.69) is 21.3 Å². The lowest BCUT2D eigenvalue weighted by atomic mass is 9.89. The molecular weight excluding hydrogens is 881 g/mol. The summed E-state index contributed by atoms with van der Waals surface area (Å²) < 4.78 is 22.8. The van der Waals surface area contributed by atoms with Crippen molar-refractivity contribution < 1.29 is 47.7 Å². The molecule has 1 aliphatic rings. The number of hydrogen-bond donors (Lipinski definition) is 4. The first-order chi connectivity index (χ1) is 32.8. The van der Waals surface area contributed by atoms with Crippen LogP contribution < -0.4 is 21.3 Å². The summed E-state index contributed by atoms with van der Waals surface area (Å²) in [7, 11) is 4.72. The van der Waals surface area contributed by atoms with E-state index in [0.717, 1.165) is 16.7 Å². The first-order valence-corrected chi connectivity index (χ1v) is 24.1. The van der Waals surface area contributed by atoms with Crippen molar-refractivity contribution in [2.45, 2.75) is 143 Å². The number of rotatable bonds is 23. The lowest BCUT2D eigenvalue weighted by Gasteiger charge is -2.40. The zero-order valence-electron chi connectivity index (χ0n) is 42.4. The molecule has 3 aromatic rings. The molecule has 1 aliphatic heterocycles. The Hall–Kier alpha value is -6.00. The number of alkyl carbamates (subject to hydrolysis) is 2. The first kappa shape index (κ1) is 55.6. The number of benzene rings is 3. The molecule has 0 unspecified atom stereocenters. The number of likely N-dealkylation sites (tertiary alicyclic amines) is 1. The lowest BCUT2D eigenvalue weighted by Crippen LogP contribution is -2.58. The van der Waals surface area contributed by atoms with E-state index in [1.165, 1.54) is 14.2 Å². The highest BCUT2D eigenvalue weighted by Gasteiger charge is 2.43. The average Bonchev–Trinajstić information content (AvgIpc) is 3.81. The van der Waals surface area contributed by atoms with Crippen LogP contribution >= 0.6 is 0 Å². The predicted molar refractivity (Wildman–Crippen MR) is 265 cm³/mol. The Kier molecular flexibility index (Phi) is 21.5. The van der Waals surface area contributed by atoms with Gasteiger partial charge in [0.2, 0.25) is 23.6 Å². The third-order valence-electron chi connectivity index (χ3n) is 12.7. The monoisotopic (exact) mass is 957 g/mol. The molecule has 16 heteroatoms. The van der Waals surface area contributed by atoms with E-state index in [4.69, 9.17) is 18.9 Å². The van der Waals surface area contributed by atoms with Crippen LogP contribution in [0.15, 0.2) is 84.9 Å². The quantitative estimate of drug-likeness (QED) is 0.0753. The van der Waals surface area contributed by atoms with Gasteiger partial charge in [0, 0.05) is 46.5 Å². The van der Waals surface area contributed by atoms with Crippen molar-refractivity contribution in [2.75, 3.05) is 33.1 Å². The van der Waals surface area contributed by atoms with Crippen LogP contribution in [0.1, 0.15) is 97.8 Å². The third-order valence-corrected chi connectivity index (χ3v) is 12.7. The van der Waals surface area contributed by atoms with Gasteiger partial charge in [-0.2, -0.15) is 0 Å². The van der Waals surface area contributed by atoms with Crippen molar-refractivity contribution in [1.82, 2.24) is 25.8 Å². The van der Waals surface area contributed by atoms with Crippen LogP contribution in [0.3, 0.4) is 0 Å². The SMILES string of the molecule is CC[C@H](C)[C@@H]([C@@H](CC(=O)N1CCC[C@H]1[C@H](OC)[C@@H](C)C(=O)N[C@@H](Cc1ccccc1)C(=O)Nc1ccc(CNC(=O)OCc2ccccc2)cc1)OC)N(C)C(=O)[C@@H](NC(=O)OC(C)(C)C)C(C)C. The second-order valence-electron chi connectivity index (χ2n) is 19.3. The molecule has 0 aromatic heterocycles. The van der Waals surface area contributed by atoms with Crippen LogP contribution in [0, 0.1) is 17.8 Å². The number of nitrogens with zero attached hydrogens (tertiary/aromatic N) is 2. The summed E-state index contributed by atoms with van der Waals surface area (Å²) in [6.45, 7) is 15.5. The van der Waals surface area contributed by atoms with E-state index < -0.39 is 71.9 Å². The van der Waals surface area contributed by atoms with Crippen LogP contribution in [0.25, 0.3) is 0 Å². The Balaban J connectivity index is 1.44. The number of hydrogen-bond acceptors (Lipinski definition) is 10. The molecule has 0 saturated carbocycles. The normalized spacial score (nSPS) is 16.8. The molecule has 69 heavy (non-hydrogen) atoms. The molecule has 3 aromatic carbocycles. The van der Waals surface area contributed by atoms with Gasteiger partial charge in [-0.25, -0.2) is 9.59 Å². The molecule has 4 rings (SSSR count). The maximum Gasteiger partial charge on any atom is 0.408 e. The fraction of sp³-hybridized carbons (Fsp3) is 0.547. The number of anilines is 1. The van der Waals surface area contributed by atoms with Crippen LogP contribution in [0.4, 0.5) is 15.3 Å². The molecule has 0 bridgehead atoms. The largest absolute Gasteiger partial charge is 0.445 e. The van der Waals surface area contributed by atoms with Crippen molar-refractivity contribution in [1.29, 1.82) is 0 Å². The lowest BCUT2D eigenvalue weighted by molar-refractivity contribution is -0.147. The molecule has 4 N–H and O–H groups in total. The molecule has 0 spiro atoms. The molecule has 6 amide bonds. The first-order valence-electron chi connectivity index (χ1n) is 24.1. The van der Waals surface area contributed by atoms with E-state index in [9.17, 15) is 28.8 Å². The van der Waals surface area contributed by atoms with Gasteiger partial charge in [-0.3, -0.25) is 19.2 Å². The minimum Gasteiger partial charge on any atom is -0.445 e. The van der Waals surface area contributed by atoms with Crippen molar-refractivity contribution in [2.24, 2.45) is 17.8 Å². The van der Waals surface area contributed by atoms with Crippen LogP contribution in [0.5, 0.6) is 0 Å². The zero-order chi connectivity index (χ0) is 50.8. The maximum absolute atomic E-state index is 14.4. The van der Waals surface area contributed by atoms with Crippen molar-refractivity contribution in [3.8, 4) is 0 Å². The Morgan fingerprint density at radius 2 is 1.41 bits per heavy atom. The molecule has 378 valence electrons. The molecule has 16 nitrogen and oxygen atoms in total. The van der Waals surface area contributed by atoms with Crippen LogP contribution in [-0.4, -0.2) is 115 Å². The molecule has 8 atom stereocenters. The maximum atomic E-state index is 14.4. The van der Waals surface area contributed by atoms with Gasteiger partial charge in [0.1, 0.15) is 24.3 Å². The summed E-state index contributed by atoms with van der Waals surface area (Å²) >= 11 is 0. The van der Waals surface area contributed by atoms with Crippen molar-refractivity contribution >= 4 is 41.5 Å². The van der Waals surface area contributed by atoms with Gasteiger partial charge in [-0.1, -0.05) is 114 Å². The summed E-state index contributed by atoms with van der Waals surface area (Å²) in [5, 5.41) is 11.4. The summed E-state index contributed by atoms with van der Waals surface area (Å²) in [4.78, 5) is 85.2. The van der Waals surface area contributed by atoms with E-state index in [-0.39, 0.29) is 49.6 Å². The van der Waals surface area contributed by atoms with Gasteiger partial charge in [0.05, 0.1) is 36.6 Å². The van der Waals surface area contributed by atoms with E-state index in [1.807, 2.05) is 88.4 Å². The number of amides is 6. The van der Waals surface area contributed by atoms with Crippen LogP contribution in [-0.2, 0) is 57.7 Å². The Labute approximate surface area is 408 Å². The highest BCUT2D eigenvalue weighted by molar-refractivity contribution is 5.97. The summed E-state index contributed by atoms with van der Waals surface area (Å²) in [5.41, 5.74) is 2.26. The predicted octanol–water partition coefficient (Wildman–Crippen LogP) is 7.25. The van der Waals surface area contributed by atoms with E-state index in [1.54, 1.807) is 68.8 Å². The summed E-state index contributed by atoms with van der Waals surface area (Å²) in [5.74, 6) is -2.48. The van der Waals surface area contributed by atoms with Gasteiger partial charge in [0.15, 0.2) is 0 Å². The minimum atomic E-state index is -0.962. The minimum absolute atomic E-state index is 0.0411. The smallest absolute Gasteiger partial charge is 0.408 e. The molecule has 1 fully saturated rings. The Bertz CT molecular complexity index is 2120. The van der Waals surface area contributed by atoms with Gasteiger partial charge in [-0.15, -0.1) is 0 Å². The summed E-state index contributed by atoms with van der Waals surface area (Å²) in [6, 6.07) is 23.0. The van der Waals surface area contributed by atoms with Crippen molar-refractivity contribution in [3.05, 3.63) is 102 Å². The Morgan fingerprint density at radius 1 is 0.783 bits per heavy atom. The molecule has 1 heterocycles. The third kappa shape index (κ3) is 16.9. The fourth-order valence-electron chi connectivity index (χ4n) is 8.72. The molecule has 0 aliphatic carbocycles. The molecule has 1 saturated heterocycles. The highest BCUT2D eigenvalue weighted by atomic mass is 16.6. The van der Waals surface area contributed by atoms with E-state index in [0.29, 0.717) is 31.5 Å². The second kappa shape index (κ2) is 26.7.